The molecule has 2 rings (SSSR count). The third-order valence-electron chi connectivity index (χ3n) is 3.21. The molecule has 18 heavy (non-hydrogen) atoms. The van der Waals surface area contributed by atoms with E-state index in [1.165, 1.54) is 11.6 Å². The molecule has 0 amide bonds. The molecule has 0 saturated carbocycles. The second-order valence-corrected chi connectivity index (χ2v) is 4.55. The van der Waals surface area contributed by atoms with Crippen molar-refractivity contribution in [2.45, 2.75) is 13.8 Å². The van der Waals surface area contributed by atoms with E-state index < -0.39 is 0 Å². The first kappa shape index (κ1) is 12.4. The van der Waals surface area contributed by atoms with Crippen LogP contribution in [0.15, 0.2) is 33.9 Å². The van der Waals surface area contributed by atoms with E-state index in [2.05, 4.69) is 0 Å². The summed E-state index contributed by atoms with van der Waals surface area (Å²) in [6, 6.07) is 7.79. The van der Waals surface area contributed by atoms with Crippen LogP contribution in [0.4, 0.5) is 0 Å². The fourth-order valence-corrected chi connectivity index (χ4v) is 2.13. The van der Waals surface area contributed by atoms with Crippen LogP contribution in [0.25, 0.3) is 11.3 Å². The predicted molar refractivity (Wildman–Crippen MR) is 71.8 cm³/mol. The van der Waals surface area contributed by atoms with Gasteiger partial charge in [0.05, 0.1) is 5.69 Å². The molecule has 0 radical (unpaired) electrons. The van der Waals surface area contributed by atoms with E-state index in [9.17, 15) is 9.59 Å². The van der Waals surface area contributed by atoms with Crippen molar-refractivity contribution in [3.05, 3.63) is 56.2 Å². The zero-order chi connectivity index (χ0) is 13.4. The van der Waals surface area contributed by atoms with Gasteiger partial charge in [-0.3, -0.25) is 13.9 Å². The minimum absolute atomic E-state index is 0.242. The zero-order valence-electron chi connectivity index (χ0n) is 11.0. The first-order valence-corrected chi connectivity index (χ1v) is 5.77. The normalized spacial score (nSPS) is 10.7. The Hall–Kier alpha value is -2.10. The van der Waals surface area contributed by atoms with Crippen LogP contribution in [-0.2, 0) is 14.1 Å². The van der Waals surface area contributed by atoms with Crippen LogP contribution in [0, 0.1) is 13.8 Å². The number of aromatic nitrogens is 2. The molecule has 1 aromatic carbocycles. The summed E-state index contributed by atoms with van der Waals surface area (Å²) in [5.74, 6) is 0. The maximum absolute atomic E-state index is 12.0. The first-order chi connectivity index (χ1) is 8.43. The van der Waals surface area contributed by atoms with Crippen LogP contribution in [0.5, 0.6) is 0 Å². The SMILES string of the molecule is Cc1ccc(-c2c(C)c(=O)n(C)c(=O)n2C)cc1. The lowest BCUT2D eigenvalue weighted by Crippen LogP contribution is -2.39. The maximum Gasteiger partial charge on any atom is 0.330 e. The number of nitrogens with zero attached hydrogens (tertiary/aromatic N) is 2. The standard InChI is InChI=1S/C14H16N2O2/c1-9-5-7-11(8-6-9)12-10(2)13(17)16(4)14(18)15(12)3/h5-8H,1-4H3. The van der Waals surface area contributed by atoms with Gasteiger partial charge in [-0.05, 0) is 19.4 Å². The molecule has 0 unspecified atom stereocenters. The molecular weight excluding hydrogens is 228 g/mol. The van der Waals surface area contributed by atoms with Gasteiger partial charge in [-0.25, -0.2) is 4.79 Å². The lowest BCUT2D eigenvalue weighted by atomic mass is 10.1. The van der Waals surface area contributed by atoms with Crippen LogP contribution in [0.2, 0.25) is 0 Å². The number of rotatable bonds is 1. The molecule has 4 nitrogen and oxygen atoms in total. The number of hydrogen-bond donors (Lipinski definition) is 0. The van der Waals surface area contributed by atoms with E-state index in [1.54, 1.807) is 14.0 Å². The Kier molecular flexibility index (Phi) is 2.95. The summed E-state index contributed by atoms with van der Waals surface area (Å²) in [6.07, 6.45) is 0. The molecule has 4 heteroatoms. The third kappa shape index (κ3) is 1.79. The van der Waals surface area contributed by atoms with Crippen LogP contribution < -0.4 is 11.2 Å². The Morgan fingerprint density at radius 2 is 1.44 bits per heavy atom. The van der Waals surface area contributed by atoms with Gasteiger partial charge in [0.25, 0.3) is 5.56 Å². The molecule has 0 bridgehead atoms. The van der Waals surface area contributed by atoms with Crippen molar-refractivity contribution in [3.63, 3.8) is 0 Å². The van der Waals surface area contributed by atoms with Crippen molar-refractivity contribution >= 4 is 0 Å². The highest BCUT2D eigenvalue weighted by atomic mass is 16.2. The summed E-state index contributed by atoms with van der Waals surface area (Å²) in [4.78, 5) is 23.9. The molecule has 2 aromatic rings. The quantitative estimate of drug-likeness (QED) is 0.760. The highest BCUT2D eigenvalue weighted by molar-refractivity contribution is 5.63. The van der Waals surface area contributed by atoms with E-state index in [4.69, 9.17) is 0 Å². The fraction of sp³-hybridized carbons (Fsp3) is 0.286. The van der Waals surface area contributed by atoms with Crippen LogP contribution in [0.3, 0.4) is 0 Å². The number of aryl methyl sites for hydroxylation is 1. The molecule has 0 aliphatic carbocycles. The molecule has 1 heterocycles. The summed E-state index contributed by atoms with van der Waals surface area (Å²) >= 11 is 0. The van der Waals surface area contributed by atoms with Crippen molar-refractivity contribution in [2.75, 3.05) is 0 Å². The topological polar surface area (TPSA) is 44.0 Å². The molecule has 94 valence electrons. The molecular formula is C14H16N2O2. The first-order valence-electron chi connectivity index (χ1n) is 5.77. The Morgan fingerprint density at radius 3 is 2.00 bits per heavy atom. The van der Waals surface area contributed by atoms with E-state index in [1.807, 2.05) is 31.2 Å². The lowest BCUT2D eigenvalue weighted by Gasteiger charge is -2.13. The average Bonchev–Trinajstić information content (AvgIpc) is 2.36. The van der Waals surface area contributed by atoms with Crippen LogP contribution in [0.1, 0.15) is 11.1 Å². The number of benzene rings is 1. The largest absolute Gasteiger partial charge is 0.330 e. The van der Waals surface area contributed by atoms with Crippen LogP contribution >= 0.6 is 0 Å². The highest BCUT2D eigenvalue weighted by Crippen LogP contribution is 2.19. The van der Waals surface area contributed by atoms with Crippen molar-refractivity contribution in [1.29, 1.82) is 0 Å². The summed E-state index contributed by atoms with van der Waals surface area (Å²) in [6.45, 7) is 3.75. The molecule has 1 aromatic heterocycles. The van der Waals surface area contributed by atoms with Crippen molar-refractivity contribution in [1.82, 2.24) is 9.13 Å². The van der Waals surface area contributed by atoms with Gasteiger partial charge >= 0.3 is 5.69 Å². The molecule has 0 fully saturated rings. The summed E-state index contributed by atoms with van der Waals surface area (Å²) < 4.78 is 2.65. The van der Waals surface area contributed by atoms with Gasteiger partial charge in [-0.15, -0.1) is 0 Å². The van der Waals surface area contributed by atoms with Crippen molar-refractivity contribution in [2.24, 2.45) is 14.1 Å². The Morgan fingerprint density at radius 1 is 0.889 bits per heavy atom. The minimum atomic E-state index is -0.304. The predicted octanol–water partition coefficient (Wildman–Crippen LogP) is 1.37. The van der Waals surface area contributed by atoms with Gasteiger partial charge in [0.2, 0.25) is 0 Å². The van der Waals surface area contributed by atoms with E-state index >= 15 is 0 Å². The molecule has 0 aliphatic heterocycles. The highest BCUT2D eigenvalue weighted by Gasteiger charge is 2.13. The smallest absolute Gasteiger partial charge is 0.296 e. The lowest BCUT2D eigenvalue weighted by molar-refractivity contribution is 0.683. The Labute approximate surface area is 105 Å². The molecule has 0 N–H and O–H groups in total. The monoisotopic (exact) mass is 244 g/mol. The van der Waals surface area contributed by atoms with Gasteiger partial charge in [-0.1, -0.05) is 29.8 Å². The molecule has 0 spiro atoms. The van der Waals surface area contributed by atoms with Crippen LogP contribution in [-0.4, -0.2) is 9.13 Å². The maximum atomic E-state index is 12.0. The minimum Gasteiger partial charge on any atom is -0.296 e. The van der Waals surface area contributed by atoms with E-state index in [-0.39, 0.29) is 11.2 Å². The summed E-state index contributed by atoms with van der Waals surface area (Å²) in [5.41, 5.74) is 2.75. The second kappa shape index (κ2) is 4.29. The third-order valence-corrected chi connectivity index (χ3v) is 3.21. The average molecular weight is 244 g/mol. The summed E-state index contributed by atoms with van der Waals surface area (Å²) in [5, 5.41) is 0. The molecule has 0 atom stereocenters. The number of hydrogen-bond acceptors (Lipinski definition) is 2. The zero-order valence-corrected chi connectivity index (χ0v) is 11.0. The molecule has 0 aliphatic rings. The van der Waals surface area contributed by atoms with E-state index in [0.29, 0.717) is 11.3 Å². The van der Waals surface area contributed by atoms with E-state index in [0.717, 1.165) is 15.7 Å². The summed E-state index contributed by atoms with van der Waals surface area (Å²) in [7, 11) is 3.18. The Balaban J connectivity index is 2.84. The van der Waals surface area contributed by atoms with Gasteiger partial charge in [0.1, 0.15) is 0 Å². The van der Waals surface area contributed by atoms with Gasteiger partial charge < -0.3 is 0 Å². The molecule has 0 saturated heterocycles. The fourth-order valence-electron chi connectivity index (χ4n) is 2.13. The van der Waals surface area contributed by atoms with Gasteiger partial charge in [-0.2, -0.15) is 0 Å². The second-order valence-electron chi connectivity index (χ2n) is 4.55. The van der Waals surface area contributed by atoms with Crippen molar-refractivity contribution < 1.29 is 0 Å². The van der Waals surface area contributed by atoms with Gasteiger partial charge in [0, 0.05) is 19.7 Å². The van der Waals surface area contributed by atoms with Gasteiger partial charge in [0.15, 0.2) is 0 Å². The van der Waals surface area contributed by atoms with Crippen molar-refractivity contribution in [3.8, 4) is 11.3 Å². The Bertz CT molecular complexity index is 669.